The molecule has 0 unspecified atom stereocenters. The van der Waals surface area contributed by atoms with Crippen LogP contribution in [0.15, 0.2) is 64.1 Å². The van der Waals surface area contributed by atoms with E-state index in [1.807, 2.05) is 42.6 Å². The van der Waals surface area contributed by atoms with Gasteiger partial charge in [-0.3, -0.25) is 14.3 Å². The van der Waals surface area contributed by atoms with E-state index in [1.54, 1.807) is 16.8 Å². The SMILES string of the molecule is O=c1cc(CCc2ccc(Br)cn2)ccn1-c1ccc2nc(C3CC3)[nH]c2c1. The number of aromatic amines is 1. The van der Waals surface area contributed by atoms with E-state index >= 15 is 0 Å². The van der Waals surface area contributed by atoms with Crippen LogP contribution >= 0.6 is 15.9 Å². The standard InChI is InChI=1S/C22H19BrN4O/c23-16-4-6-17(24-13-16)5-1-14-9-10-27(21(28)11-14)18-7-8-19-20(12-18)26-22(25-19)15-2-3-15/h4,6-13,15H,1-3,5H2,(H,25,26). The highest BCUT2D eigenvalue weighted by Crippen LogP contribution is 2.39. The molecule has 6 heteroatoms. The molecule has 1 N–H and O–H groups in total. The number of H-pyrrole nitrogens is 1. The van der Waals surface area contributed by atoms with Crippen LogP contribution in [0.25, 0.3) is 16.7 Å². The monoisotopic (exact) mass is 434 g/mol. The van der Waals surface area contributed by atoms with E-state index in [0.29, 0.717) is 5.92 Å². The van der Waals surface area contributed by atoms with Gasteiger partial charge in [0.05, 0.1) is 16.7 Å². The summed E-state index contributed by atoms with van der Waals surface area (Å²) in [6, 6.07) is 13.6. The second-order valence-corrected chi connectivity index (χ2v) is 8.22. The summed E-state index contributed by atoms with van der Waals surface area (Å²) in [6.07, 6.45) is 7.67. The fourth-order valence-electron chi connectivity index (χ4n) is 3.43. The fourth-order valence-corrected chi connectivity index (χ4v) is 3.67. The molecule has 0 radical (unpaired) electrons. The van der Waals surface area contributed by atoms with Crippen molar-refractivity contribution in [1.29, 1.82) is 0 Å². The Kier molecular flexibility index (Phi) is 4.36. The van der Waals surface area contributed by atoms with Gasteiger partial charge in [0.15, 0.2) is 0 Å². The molecule has 1 aliphatic carbocycles. The average molecular weight is 435 g/mol. The first-order valence-electron chi connectivity index (χ1n) is 9.48. The number of pyridine rings is 2. The molecule has 140 valence electrons. The van der Waals surface area contributed by atoms with Crippen molar-refractivity contribution in [3.8, 4) is 5.69 Å². The van der Waals surface area contributed by atoms with Crippen LogP contribution in [0, 0.1) is 0 Å². The van der Waals surface area contributed by atoms with Gasteiger partial charge in [-0.15, -0.1) is 0 Å². The maximum absolute atomic E-state index is 12.7. The molecule has 0 spiro atoms. The van der Waals surface area contributed by atoms with Crippen molar-refractivity contribution in [3.05, 3.63) is 86.8 Å². The van der Waals surface area contributed by atoms with Crippen LogP contribution in [0.4, 0.5) is 0 Å². The van der Waals surface area contributed by atoms with E-state index in [2.05, 4.69) is 30.9 Å². The topological polar surface area (TPSA) is 63.6 Å². The lowest BCUT2D eigenvalue weighted by molar-refractivity contribution is 0.892. The Bertz CT molecular complexity index is 1210. The zero-order valence-corrected chi connectivity index (χ0v) is 16.8. The number of fused-ring (bicyclic) bond motifs is 1. The minimum atomic E-state index is -0.0254. The zero-order valence-electron chi connectivity index (χ0n) is 15.2. The van der Waals surface area contributed by atoms with Gasteiger partial charge in [0.2, 0.25) is 0 Å². The number of rotatable bonds is 5. The molecule has 1 aliphatic rings. The Labute approximate surface area is 170 Å². The molecule has 5 nitrogen and oxygen atoms in total. The Morgan fingerprint density at radius 2 is 2.00 bits per heavy atom. The van der Waals surface area contributed by atoms with Crippen LogP contribution in [0.3, 0.4) is 0 Å². The molecular formula is C22H19BrN4O. The Balaban J connectivity index is 1.37. The molecule has 4 aromatic rings. The Morgan fingerprint density at radius 1 is 1.11 bits per heavy atom. The number of hydrogen-bond acceptors (Lipinski definition) is 3. The number of benzene rings is 1. The lowest BCUT2D eigenvalue weighted by Crippen LogP contribution is -2.17. The Hall–Kier alpha value is -2.73. The van der Waals surface area contributed by atoms with Crippen LogP contribution in [0.5, 0.6) is 0 Å². The van der Waals surface area contributed by atoms with Gasteiger partial charge in [0.1, 0.15) is 5.82 Å². The highest BCUT2D eigenvalue weighted by atomic mass is 79.9. The maximum Gasteiger partial charge on any atom is 0.255 e. The predicted molar refractivity (Wildman–Crippen MR) is 113 cm³/mol. The molecule has 1 saturated carbocycles. The second-order valence-electron chi connectivity index (χ2n) is 7.31. The van der Waals surface area contributed by atoms with Gasteiger partial charge < -0.3 is 4.98 Å². The summed E-state index contributed by atoms with van der Waals surface area (Å²) in [4.78, 5) is 25.1. The summed E-state index contributed by atoms with van der Waals surface area (Å²) >= 11 is 3.39. The lowest BCUT2D eigenvalue weighted by Gasteiger charge is -2.07. The van der Waals surface area contributed by atoms with E-state index in [1.165, 1.54) is 12.8 Å². The smallest absolute Gasteiger partial charge is 0.255 e. The van der Waals surface area contributed by atoms with Crippen LogP contribution < -0.4 is 5.56 Å². The van der Waals surface area contributed by atoms with Crippen molar-refractivity contribution >= 4 is 27.0 Å². The summed E-state index contributed by atoms with van der Waals surface area (Å²) in [5, 5.41) is 0. The molecule has 3 aromatic heterocycles. The summed E-state index contributed by atoms with van der Waals surface area (Å²) in [6.45, 7) is 0. The first kappa shape index (κ1) is 17.4. The van der Waals surface area contributed by atoms with Gasteiger partial charge >= 0.3 is 0 Å². The number of halogens is 1. The lowest BCUT2D eigenvalue weighted by atomic mass is 10.1. The van der Waals surface area contributed by atoms with Crippen molar-refractivity contribution in [1.82, 2.24) is 19.5 Å². The van der Waals surface area contributed by atoms with Gasteiger partial charge in [0.25, 0.3) is 5.56 Å². The number of nitrogens with zero attached hydrogens (tertiary/aromatic N) is 3. The summed E-state index contributed by atoms with van der Waals surface area (Å²) in [5.41, 5.74) is 4.80. The van der Waals surface area contributed by atoms with Crippen molar-refractivity contribution < 1.29 is 0 Å². The highest BCUT2D eigenvalue weighted by molar-refractivity contribution is 9.10. The van der Waals surface area contributed by atoms with E-state index < -0.39 is 0 Å². The molecule has 0 saturated heterocycles. The molecule has 0 aliphatic heterocycles. The Morgan fingerprint density at radius 3 is 2.75 bits per heavy atom. The molecule has 0 bridgehead atoms. The van der Waals surface area contributed by atoms with E-state index in [9.17, 15) is 4.79 Å². The number of nitrogens with one attached hydrogen (secondary N) is 1. The highest BCUT2D eigenvalue weighted by Gasteiger charge is 2.26. The third-order valence-corrected chi connectivity index (χ3v) is 5.64. The molecule has 5 rings (SSSR count). The van der Waals surface area contributed by atoms with Gasteiger partial charge in [-0.1, -0.05) is 0 Å². The third-order valence-electron chi connectivity index (χ3n) is 5.17. The number of imidazole rings is 1. The van der Waals surface area contributed by atoms with Crippen LogP contribution in [0.1, 0.15) is 35.8 Å². The molecule has 1 fully saturated rings. The molecule has 0 atom stereocenters. The normalized spacial score (nSPS) is 13.9. The molecule has 1 aromatic carbocycles. The number of hydrogen-bond donors (Lipinski definition) is 1. The van der Waals surface area contributed by atoms with Crippen molar-refractivity contribution in [3.63, 3.8) is 0 Å². The van der Waals surface area contributed by atoms with E-state index in [0.717, 1.165) is 51.1 Å². The first-order valence-corrected chi connectivity index (χ1v) is 10.3. The second kappa shape index (κ2) is 7.02. The average Bonchev–Trinajstić information content (AvgIpc) is 3.46. The van der Waals surface area contributed by atoms with E-state index in [4.69, 9.17) is 0 Å². The molecule has 0 amide bonds. The van der Waals surface area contributed by atoms with Crippen LogP contribution in [0.2, 0.25) is 0 Å². The van der Waals surface area contributed by atoms with Crippen molar-refractivity contribution in [2.24, 2.45) is 0 Å². The molecule has 28 heavy (non-hydrogen) atoms. The van der Waals surface area contributed by atoms with Gasteiger partial charge in [0, 0.05) is 34.5 Å². The van der Waals surface area contributed by atoms with Gasteiger partial charge in [-0.05, 0) is 83.6 Å². The van der Waals surface area contributed by atoms with Crippen molar-refractivity contribution in [2.45, 2.75) is 31.6 Å². The summed E-state index contributed by atoms with van der Waals surface area (Å²) < 4.78 is 2.65. The third kappa shape index (κ3) is 3.52. The quantitative estimate of drug-likeness (QED) is 0.501. The number of aryl methyl sites for hydroxylation is 2. The fraction of sp³-hybridized carbons (Fsp3) is 0.227. The molecular weight excluding hydrogens is 416 g/mol. The summed E-state index contributed by atoms with van der Waals surface area (Å²) in [7, 11) is 0. The molecule has 3 heterocycles. The van der Waals surface area contributed by atoms with Crippen molar-refractivity contribution in [2.75, 3.05) is 0 Å². The van der Waals surface area contributed by atoms with Gasteiger partial charge in [-0.25, -0.2) is 4.98 Å². The minimum absolute atomic E-state index is 0.0254. The first-order chi connectivity index (χ1) is 13.7. The maximum atomic E-state index is 12.7. The minimum Gasteiger partial charge on any atom is -0.342 e. The van der Waals surface area contributed by atoms with Crippen LogP contribution in [-0.2, 0) is 12.8 Å². The predicted octanol–water partition coefficient (Wildman–Crippen LogP) is 4.53. The van der Waals surface area contributed by atoms with Crippen LogP contribution in [-0.4, -0.2) is 19.5 Å². The summed E-state index contributed by atoms with van der Waals surface area (Å²) in [5.74, 6) is 1.65. The van der Waals surface area contributed by atoms with E-state index in [-0.39, 0.29) is 5.56 Å². The van der Waals surface area contributed by atoms with Gasteiger partial charge in [-0.2, -0.15) is 0 Å². The zero-order chi connectivity index (χ0) is 19.1. The largest absolute Gasteiger partial charge is 0.342 e. The number of aromatic nitrogens is 4.